The first-order valence-electron chi connectivity index (χ1n) is 8.72. The van der Waals surface area contributed by atoms with Gasteiger partial charge in [0.05, 0.1) is 0 Å². The van der Waals surface area contributed by atoms with Crippen LogP contribution in [0.1, 0.15) is 35.3 Å². The highest BCUT2D eigenvalue weighted by molar-refractivity contribution is 9.10. The predicted octanol–water partition coefficient (Wildman–Crippen LogP) is 6.03. The van der Waals surface area contributed by atoms with Gasteiger partial charge in [0.1, 0.15) is 11.9 Å². The van der Waals surface area contributed by atoms with Crippen molar-refractivity contribution in [2.75, 3.05) is 0 Å². The van der Waals surface area contributed by atoms with Crippen LogP contribution >= 0.6 is 27.5 Å². The lowest BCUT2D eigenvalue weighted by Gasteiger charge is -2.31. The van der Waals surface area contributed by atoms with Gasteiger partial charge in [-0.2, -0.15) is 0 Å². The van der Waals surface area contributed by atoms with Gasteiger partial charge in [0.25, 0.3) is 0 Å². The molecule has 0 saturated carbocycles. The molecule has 27 heavy (non-hydrogen) atoms. The smallest absolute Gasteiger partial charge is 0.126 e. The number of phenolic OH excluding ortho intramolecular Hbond substituents is 1. The van der Waals surface area contributed by atoms with E-state index in [9.17, 15) is 5.11 Å². The number of para-hydroxylation sites is 1. The van der Waals surface area contributed by atoms with Crippen molar-refractivity contribution in [3.8, 4) is 5.75 Å². The number of nitrogens with one attached hydrogen (secondary N) is 1. The van der Waals surface area contributed by atoms with Crippen molar-refractivity contribution in [2.24, 2.45) is 4.99 Å². The van der Waals surface area contributed by atoms with Gasteiger partial charge in [0.15, 0.2) is 0 Å². The van der Waals surface area contributed by atoms with Crippen LogP contribution in [-0.2, 0) is 0 Å². The second kappa shape index (κ2) is 7.85. The maximum atomic E-state index is 10.4. The second-order valence-electron chi connectivity index (χ2n) is 6.52. The number of aromatic hydroxyl groups is 1. The van der Waals surface area contributed by atoms with Gasteiger partial charge in [0, 0.05) is 33.2 Å². The molecular weight excluding hydrogens is 424 g/mol. The minimum atomic E-state index is -0.202. The molecule has 2 atom stereocenters. The molecule has 0 unspecified atom stereocenters. The molecule has 0 fully saturated rings. The van der Waals surface area contributed by atoms with E-state index in [-0.39, 0.29) is 12.2 Å². The van der Waals surface area contributed by atoms with E-state index in [1.54, 1.807) is 6.07 Å². The minimum Gasteiger partial charge on any atom is -0.508 e. The van der Waals surface area contributed by atoms with Crippen LogP contribution in [0.15, 0.2) is 82.3 Å². The van der Waals surface area contributed by atoms with Crippen LogP contribution in [0.4, 0.5) is 0 Å². The first-order valence-corrected chi connectivity index (χ1v) is 9.89. The van der Waals surface area contributed by atoms with Crippen molar-refractivity contribution < 1.29 is 5.11 Å². The Morgan fingerprint density at radius 1 is 1.00 bits per heavy atom. The van der Waals surface area contributed by atoms with Crippen molar-refractivity contribution in [1.29, 1.82) is 0 Å². The monoisotopic (exact) mass is 440 g/mol. The third-order valence-electron chi connectivity index (χ3n) is 4.70. The van der Waals surface area contributed by atoms with Crippen molar-refractivity contribution in [2.45, 2.75) is 18.6 Å². The van der Waals surface area contributed by atoms with Gasteiger partial charge < -0.3 is 5.11 Å². The van der Waals surface area contributed by atoms with Crippen LogP contribution in [0.2, 0.25) is 5.02 Å². The van der Waals surface area contributed by atoms with Crippen molar-refractivity contribution >= 4 is 33.2 Å². The van der Waals surface area contributed by atoms with Crippen LogP contribution in [0.5, 0.6) is 5.75 Å². The zero-order valence-electron chi connectivity index (χ0n) is 14.4. The van der Waals surface area contributed by atoms with E-state index in [4.69, 9.17) is 16.6 Å². The summed E-state index contributed by atoms with van der Waals surface area (Å²) in [6, 6.07) is 23.3. The van der Waals surface area contributed by atoms with E-state index in [2.05, 4.69) is 33.4 Å². The van der Waals surface area contributed by atoms with E-state index in [1.165, 1.54) is 0 Å². The fourth-order valence-corrected chi connectivity index (χ4v) is 3.90. The highest BCUT2D eigenvalue weighted by atomic mass is 79.9. The molecule has 0 amide bonds. The van der Waals surface area contributed by atoms with Crippen LogP contribution < -0.4 is 5.32 Å². The molecule has 0 radical (unpaired) electrons. The van der Waals surface area contributed by atoms with Crippen molar-refractivity contribution in [3.05, 3.63) is 99.0 Å². The minimum absolute atomic E-state index is 0.0432. The van der Waals surface area contributed by atoms with Gasteiger partial charge in [0.2, 0.25) is 0 Å². The lowest BCUT2D eigenvalue weighted by atomic mass is 9.93. The molecule has 136 valence electrons. The predicted molar refractivity (Wildman–Crippen MR) is 113 cm³/mol. The van der Waals surface area contributed by atoms with E-state index in [0.717, 1.165) is 26.9 Å². The lowest BCUT2D eigenvalue weighted by molar-refractivity contribution is 0.412. The lowest BCUT2D eigenvalue weighted by Crippen LogP contribution is -2.33. The van der Waals surface area contributed by atoms with E-state index in [1.807, 2.05) is 54.6 Å². The Balaban J connectivity index is 1.76. The maximum absolute atomic E-state index is 10.4. The van der Waals surface area contributed by atoms with Crippen LogP contribution in [-0.4, -0.2) is 10.8 Å². The van der Waals surface area contributed by atoms with E-state index in [0.29, 0.717) is 17.2 Å². The van der Waals surface area contributed by atoms with Gasteiger partial charge >= 0.3 is 0 Å². The number of aliphatic imine (C=N–C) groups is 1. The molecule has 0 aliphatic carbocycles. The summed E-state index contributed by atoms with van der Waals surface area (Å²) in [5, 5.41) is 14.6. The van der Waals surface area contributed by atoms with Crippen LogP contribution in [0.3, 0.4) is 0 Å². The van der Waals surface area contributed by atoms with Gasteiger partial charge in [-0.1, -0.05) is 70.0 Å². The molecule has 5 heteroatoms. The number of nitrogens with zero attached hydrogens (tertiary/aromatic N) is 1. The number of benzene rings is 3. The molecule has 2 N–H and O–H groups in total. The van der Waals surface area contributed by atoms with Crippen molar-refractivity contribution in [3.63, 3.8) is 0 Å². The van der Waals surface area contributed by atoms with Gasteiger partial charge in [-0.3, -0.25) is 10.3 Å². The van der Waals surface area contributed by atoms with Crippen molar-refractivity contribution in [1.82, 2.24) is 5.32 Å². The Morgan fingerprint density at radius 3 is 2.52 bits per heavy atom. The number of hydrogen-bond acceptors (Lipinski definition) is 3. The molecule has 1 heterocycles. The van der Waals surface area contributed by atoms with Gasteiger partial charge in [-0.25, -0.2) is 0 Å². The molecule has 0 saturated heterocycles. The molecule has 3 nitrogen and oxygen atoms in total. The standard InChI is InChI=1S/C22H18BrClN2O/c23-16-5-3-4-15(12-16)22-25-19(14-8-10-17(24)11-9-14)13-20(26-22)18-6-1-2-7-21(18)27/h1-12,20,22,26-27H,13H2/t20-,22-/m0/s1. The topological polar surface area (TPSA) is 44.6 Å². The normalized spacial score (nSPS) is 19.6. The first-order chi connectivity index (χ1) is 13.1. The zero-order chi connectivity index (χ0) is 18.8. The number of hydrogen-bond donors (Lipinski definition) is 2. The Hall–Kier alpha value is -2.14. The van der Waals surface area contributed by atoms with Gasteiger partial charge in [-0.15, -0.1) is 0 Å². The first kappa shape index (κ1) is 18.2. The molecule has 0 spiro atoms. The van der Waals surface area contributed by atoms with Gasteiger partial charge in [-0.05, 0) is 41.5 Å². The quantitative estimate of drug-likeness (QED) is 0.521. The highest BCUT2D eigenvalue weighted by Crippen LogP contribution is 2.34. The Kier molecular flexibility index (Phi) is 5.30. The molecule has 3 aromatic rings. The molecule has 0 bridgehead atoms. The molecule has 1 aliphatic heterocycles. The Labute approximate surface area is 171 Å². The second-order valence-corrected chi connectivity index (χ2v) is 7.87. The molecule has 3 aromatic carbocycles. The SMILES string of the molecule is Oc1ccccc1[C@@H]1CC(c2ccc(Cl)cc2)=N[C@H](c2cccc(Br)c2)N1. The molecule has 4 rings (SSSR count). The summed E-state index contributed by atoms with van der Waals surface area (Å²) in [5.74, 6) is 0.292. The number of halogens is 2. The number of phenols is 1. The van der Waals surface area contributed by atoms with E-state index >= 15 is 0 Å². The summed E-state index contributed by atoms with van der Waals surface area (Å²) >= 11 is 9.58. The number of rotatable bonds is 3. The fraction of sp³-hybridized carbons (Fsp3) is 0.136. The summed E-state index contributed by atoms with van der Waals surface area (Å²) in [4.78, 5) is 4.96. The Bertz CT molecular complexity index is 988. The summed E-state index contributed by atoms with van der Waals surface area (Å²) in [6.45, 7) is 0. The Morgan fingerprint density at radius 2 is 1.78 bits per heavy atom. The fourth-order valence-electron chi connectivity index (χ4n) is 3.35. The largest absolute Gasteiger partial charge is 0.508 e. The summed E-state index contributed by atoms with van der Waals surface area (Å²) in [5.41, 5.74) is 3.97. The summed E-state index contributed by atoms with van der Waals surface area (Å²) in [7, 11) is 0. The average molecular weight is 442 g/mol. The third-order valence-corrected chi connectivity index (χ3v) is 5.44. The van der Waals surface area contributed by atoms with E-state index < -0.39 is 0 Å². The highest BCUT2D eigenvalue weighted by Gasteiger charge is 2.27. The van der Waals surface area contributed by atoms with Crippen LogP contribution in [0.25, 0.3) is 0 Å². The molecule has 1 aliphatic rings. The summed E-state index contributed by atoms with van der Waals surface area (Å²) in [6.07, 6.45) is 0.482. The molecular formula is C22H18BrClN2O. The average Bonchev–Trinajstić information content (AvgIpc) is 2.68. The summed E-state index contributed by atoms with van der Waals surface area (Å²) < 4.78 is 1.01. The zero-order valence-corrected chi connectivity index (χ0v) is 16.8. The van der Waals surface area contributed by atoms with Crippen LogP contribution in [0, 0.1) is 0 Å². The molecule has 0 aromatic heterocycles. The maximum Gasteiger partial charge on any atom is 0.126 e. The third kappa shape index (κ3) is 4.08.